The summed E-state index contributed by atoms with van der Waals surface area (Å²) >= 11 is 2.99. The van der Waals surface area contributed by atoms with Crippen LogP contribution in [-0.2, 0) is 25.6 Å². The first kappa shape index (κ1) is 38.9. The smallest absolute Gasteiger partial charge is 0.407 e. The Kier molecular flexibility index (Phi) is 12.1. The van der Waals surface area contributed by atoms with Gasteiger partial charge in [0.25, 0.3) is 0 Å². The van der Waals surface area contributed by atoms with Gasteiger partial charge in [0.1, 0.15) is 28.4 Å². The fraction of sp³-hybridized carbons (Fsp3) is 0.405. The number of H-pyrrole nitrogens is 2. The van der Waals surface area contributed by atoms with Crippen LogP contribution in [0.3, 0.4) is 0 Å². The van der Waals surface area contributed by atoms with Crippen molar-refractivity contribution in [2.24, 2.45) is 5.92 Å². The van der Waals surface area contributed by atoms with E-state index in [1.807, 2.05) is 32.1 Å². The highest BCUT2D eigenvalue weighted by molar-refractivity contribution is 7.23. The zero-order chi connectivity index (χ0) is 39.2. The van der Waals surface area contributed by atoms with Crippen molar-refractivity contribution in [2.45, 2.75) is 65.1 Å². The number of hydrogen-bond donors (Lipinski definition) is 4. The van der Waals surface area contributed by atoms with E-state index in [2.05, 4.69) is 48.2 Å². The molecule has 2 atom stereocenters. The molecule has 55 heavy (non-hydrogen) atoms. The number of nitrogens with one attached hydrogen (secondary N) is 4. The number of thiazole rings is 2. The summed E-state index contributed by atoms with van der Waals surface area (Å²) in [7, 11) is 2.51. The first-order chi connectivity index (χ1) is 26.5. The van der Waals surface area contributed by atoms with E-state index in [1.54, 1.807) is 22.2 Å². The number of nitrogens with zero attached hydrogens (tertiary/aromatic N) is 6. The number of ether oxygens (including phenoxy) is 2. The fourth-order valence-corrected chi connectivity index (χ4v) is 8.21. The molecule has 4 amide bonds. The van der Waals surface area contributed by atoms with Crippen molar-refractivity contribution in [1.29, 1.82) is 0 Å². The van der Waals surface area contributed by atoms with E-state index in [-0.39, 0.29) is 43.4 Å². The summed E-state index contributed by atoms with van der Waals surface area (Å²) < 4.78 is 11.2. The maximum Gasteiger partial charge on any atom is 0.407 e. The van der Waals surface area contributed by atoms with Crippen LogP contribution >= 0.6 is 22.7 Å². The molecule has 1 unspecified atom stereocenters. The van der Waals surface area contributed by atoms with Crippen LogP contribution in [0.15, 0.2) is 30.6 Å². The van der Waals surface area contributed by atoms with Gasteiger partial charge in [-0.1, -0.05) is 33.3 Å². The molecule has 288 valence electrons. The van der Waals surface area contributed by atoms with Crippen molar-refractivity contribution < 1.29 is 28.7 Å². The van der Waals surface area contributed by atoms with Gasteiger partial charge in [-0.3, -0.25) is 9.59 Å². The number of benzene rings is 1. The maximum absolute atomic E-state index is 13.5. The van der Waals surface area contributed by atoms with Crippen molar-refractivity contribution in [3.05, 3.63) is 42.3 Å². The lowest BCUT2D eigenvalue weighted by Crippen LogP contribution is -2.51. The number of aromatic amines is 2. The number of carbonyl (C=O) groups is 4. The van der Waals surface area contributed by atoms with Gasteiger partial charge in [-0.25, -0.2) is 29.5 Å². The molecule has 6 rings (SSSR count). The molecule has 0 aliphatic carbocycles. The van der Waals surface area contributed by atoms with Crippen LogP contribution in [0.5, 0.6) is 0 Å². The first-order valence-electron chi connectivity index (χ1n) is 17.7. The Hall–Kier alpha value is -5.80. The molecule has 1 aromatic carbocycles. The van der Waals surface area contributed by atoms with E-state index < -0.39 is 18.2 Å². The topological polar surface area (TPSA) is 200 Å². The van der Waals surface area contributed by atoms with Gasteiger partial charge in [0.2, 0.25) is 11.8 Å². The predicted octanol–water partition coefficient (Wildman–Crippen LogP) is 5.52. The Morgan fingerprint density at radius 1 is 1.02 bits per heavy atom. The van der Waals surface area contributed by atoms with Crippen molar-refractivity contribution in [2.75, 3.05) is 27.3 Å². The second kappa shape index (κ2) is 17.1. The molecule has 0 bridgehead atoms. The minimum atomic E-state index is -0.797. The summed E-state index contributed by atoms with van der Waals surface area (Å²) in [6, 6.07) is 3.18. The van der Waals surface area contributed by atoms with E-state index in [0.29, 0.717) is 41.6 Å². The first-order valence-corrected chi connectivity index (χ1v) is 19.4. The Morgan fingerprint density at radius 3 is 2.29 bits per heavy atom. The predicted molar refractivity (Wildman–Crippen MR) is 210 cm³/mol. The Balaban J connectivity index is 1.18. The molecule has 1 aliphatic rings. The maximum atomic E-state index is 13.5. The Morgan fingerprint density at radius 2 is 1.67 bits per heavy atom. The normalized spacial score (nSPS) is 14.5. The van der Waals surface area contributed by atoms with E-state index >= 15 is 0 Å². The number of hydrogen-bond acceptors (Lipinski definition) is 12. The zero-order valence-corrected chi connectivity index (χ0v) is 32.7. The third kappa shape index (κ3) is 8.63. The summed E-state index contributed by atoms with van der Waals surface area (Å²) in [4.78, 5) is 79.2. The zero-order valence-electron chi connectivity index (χ0n) is 31.1. The molecule has 4 N–H and O–H groups in total. The lowest BCUT2D eigenvalue weighted by molar-refractivity contribution is -0.135. The number of alkyl carbamates (subject to hydrolysis) is 2. The van der Waals surface area contributed by atoms with Crippen LogP contribution in [-0.4, -0.2) is 103 Å². The molecule has 5 aromatic rings. The van der Waals surface area contributed by atoms with Gasteiger partial charge in [-0.2, -0.15) is 0 Å². The number of fused-ring (bicyclic) bond motifs is 2. The standard InChI is InChI=1S/C37H42N10O6S2/c1-7-9-13-46(35(49)31(20(3)4)45-37(51)53-6)19-29-38-16-24(41-29)33-43-22-14-28-23(15-27(22)54-33)44-34(55-28)25-17-39-32(42-25)26-12-11-21(10-8-2)47(26)30(48)18-40-36(50)52-5/h1,12,14-17,20-21,31H,8-11,13,18-19H2,2-6H3,(H,38,41)(H,39,42)(H,40,50)(H,45,51)/t21?,31-/m0/s1. The molecule has 16 nitrogen and oxygen atoms in total. The van der Waals surface area contributed by atoms with Crippen LogP contribution in [0.1, 0.15) is 58.1 Å². The third-order valence-electron chi connectivity index (χ3n) is 9.04. The van der Waals surface area contributed by atoms with Crippen molar-refractivity contribution in [3.63, 3.8) is 0 Å². The fourth-order valence-electron chi connectivity index (χ4n) is 6.32. The lowest BCUT2D eigenvalue weighted by atomic mass is 10.0. The van der Waals surface area contributed by atoms with Crippen LogP contribution < -0.4 is 10.6 Å². The Labute approximate surface area is 325 Å². The van der Waals surface area contributed by atoms with Crippen LogP contribution in [0.2, 0.25) is 0 Å². The molecule has 0 saturated carbocycles. The highest BCUT2D eigenvalue weighted by Crippen LogP contribution is 2.37. The highest BCUT2D eigenvalue weighted by atomic mass is 32.1. The number of imidazole rings is 2. The molecule has 4 aromatic heterocycles. The molecular formula is C37H42N10O6S2. The summed E-state index contributed by atoms with van der Waals surface area (Å²) in [5.74, 6) is 2.95. The molecule has 1 aliphatic heterocycles. The summed E-state index contributed by atoms with van der Waals surface area (Å²) in [5, 5.41) is 6.58. The van der Waals surface area contributed by atoms with Gasteiger partial charge in [-0.05, 0) is 30.9 Å². The second-order valence-corrected chi connectivity index (χ2v) is 15.2. The molecular weight excluding hydrogens is 745 g/mol. The molecule has 0 fully saturated rings. The Bertz CT molecular complexity index is 2230. The molecule has 0 saturated heterocycles. The van der Waals surface area contributed by atoms with Gasteiger partial charge in [0.15, 0.2) is 5.82 Å². The summed E-state index contributed by atoms with van der Waals surface area (Å²) in [5.41, 5.74) is 3.70. The van der Waals surface area contributed by atoms with Crippen molar-refractivity contribution in [1.82, 2.24) is 50.3 Å². The molecule has 5 heterocycles. The minimum absolute atomic E-state index is 0.0290. The second-order valence-electron chi connectivity index (χ2n) is 13.2. The molecule has 18 heteroatoms. The van der Waals surface area contributed by atoms with E-state index in [4.69, 9.17) is 21.1 Å². The lowest BCUT2D eigenvalue weighted by Gasteiger charge is -2.28. The molecule has 0 radical (unpaired) electrons. The number of amides is 4. The average Bonchev–Trinajstić information content (AvgIpc) is 4.02. The quantitative estimate of drug-likeness (QED) is 0.104. The number of rotatable bonds is 14. The van der Waals surface area contributed by atoms with E-state index in [1.165, 1.54) is 36.9 Å². The largest absolute Gasteiger partial charge is 0.453 e. The van der Waals surface area contributed by atoms with Gasteiger partial charge in [0.05, 0.1) is 70.7 Å². The SMILES string of the molecule is C#CCCN(Cc1ncc(-c2nc3cc4sc(-c5cnc(C6=CCC(CCC)N6C(=O)CNC(=O)OC)[nH]5)nc4cc3s2)[nH]1)C(=O)[C@@H](NC(=O)OC)C(C)C. The molecule has 0 spiro atoms. The van der Waals surface area contributed by atoms with E-state index in [9.17, 15) is 19.2 Å². The average molecular weight is 787 g/mol. The van der Waals surface area contributed by atoms with Crippen LogP contribution in [0, 0.1) is 18.3 Å². The van der Waals surface area contributed by atoms with Gasteiger partial charge in [-0.15, -0.1) is 35.0 Å². The highest BCUT2D eigenvalue weighted by Gasteiger charge is 2.33. The van der Waals surface area contributed by atoms with Gasteiger partial charge >= 0.3 is 12.2 Å². The minimum Gasteiger partial charge on any atom is -0.453 e. The number of terminal acetylenes is 1. The summed E-state index contributed by atoms with van der Waals surface area (Å²) in [6.07, 6.45) is 12.3. The summed E-state index contributed by atoms with van der Waals surface area (Å²) in [6.45, 7) is 6.02. The number of aromatic nitrogens is 6. The number of carbonyl (C=O) groups excluding carboxylic acids is 4. The number of methoxy groups -OCH3 is 2. The van der Waals surface area contributed by atoms with E-state index in [0.717, 1.165) is 43.3 Å². The van der Waals surface area contributed by atoms with Crippen LogP contribution in [0.4, 0.5) is 9.59 Å². The monoisotopic (exact) mass is 786 g/mol. The van der Waals surface area contributed by atoms with Gasteiger partial charge < -0.3 is 39.9 Å². The van der Waals surface area contributed by atoms with Crippen LogP contribution in [0.25, 0.3) is 47.5 Å². The third-order valence-corrected chi connectivity index (χ3v) is 11.1. The van der Waals surface area contributed by atoms with Crippen molar-refractivity contribution in [3.8, 4) is 33.7 Å². The van der Waals surface area contributed by atoms with Crippen molar-refractivity contribution >= 4 is 72.8 Å². The van der Waals surface area contributed by atoms with Gasteiger partial charge in [0, 0.05) is 19.0 Å².